The van der Waals surface area contributed by atoms with Gasteiger partial charge in [-0.1, -0.05) is 46.8 Å². The van der Waals surface area contributed by atoms with Gasteiger partial charge in [-0.3, -0.25) is 4.55 Å². The fourth-order valence-corrected chi connectivity index (χ4v) is 10.9. The molecule has 16 atom stereocenters. The van der Waals surface area contributed by atoms with Crippen LogP contribution in [0.5, 0.6) is 0 Å². The van der Waals surface area contributed by atoms with Crippen molar-refractivity contribution in [3.8, 4) is 0 Å². The number of aliphatic hydroxyl groups is 6. The quantitative estimate of drug-likeness (QED) is 0.146. The van der Waals surface area contributed by atoms with Crippen molar-refractivity contribution in [3.63, 3.8) is 0 Å². The number of fused-ring (bicyclic) bond motifs is 5. The van der Waals surface area contributed by atoms with Crippen molar-refractivity contribution in [2.75, 3.05) is 6.61 Å². The molecule has 13 heteroatoms. The predicted octanol–water partition coefficient (Wildman–Crippen LogP) is 1.56. The monoisotopic (exact) mass is 662 g/mol. The lowest BCUT2D eigenvalue weighted by atomic mass is 9.42. The van der Waals surface area contributed by atoms with Crippen molar-refractivity contribution in [1.82, 2.24) is 0 Å². The number of aliphatic hydroxyl groups excluding tert-OH is 5. The second-order valence-electron chi connectivity index (χ2n) is 15.6. The fraction of sp³-hybridized carbons (Fsp3) is 0.938. The number of hydrogen-bond donors (Lipinski definition) is 7. The van der Waals surface area contributed by atoms with Gasteiger partial charge in [0.15, 0.2) is 6.29 Å². The molecule has 5 fully saturated rings. The van der Waals surface area contributed by atoms with E-state index in [1.165, 1.54) is 0 Å². The van der Waals surface area contributed by atoms with Crippen molar-refractivity contribution in [3.05, 3.63) is 12.2 Å². The molecule has 0 radical (unpaired) electrons. The van der Waals surface area contributed by atoms with Gasteiger partial charge in [-0.2, -0.15) is 8.42 Å². The molecule has 1 heterocycles. The topological polar surface area (TPSA) is 203 Å². The zero-order chi connectivity index (χ0) is 33.3. The molecule has 5 aliphatic rings. The minimum atomic E-state index is -4.86. The average molecular weight is 663 g/mol. The maximum absolute atomic E-state index is 12.5. The van der Waals surface area contributed by atoms with E-state index >= 15 is 0 Å². The maximum Gasteiger partial charge on any atom is 0.397 e. The summed E-state index contributed by atoms with van der Waals surface area (Å²) in [5.74, 6) is -0.578. The summed E-state index contributed by atoms with van der Waals surface area (Å²) >= 11 is 0. The normalized spacial score (nSPS) is 50.2. The first kappa shape index (κ1) is 35.6. The molecule has 260 valence electrons. The molecule has 5 rings (SSSR count). The SMILES string of the molecule is CC(C)C(/C=C/[C@@H](C)[C@H]1C[C@@H](O)C2C3(O)C[C@H](O)[C@H]4C[C@@H](O)CC[C@]4(C)C3CC[C@@]21C)O[C@@H]1OC[C@@H](OS(=O)(=O)O)[C@H](O)[C@H]1O. The van der Waals surface area contributed by atoms with Crippen LogP contribution in [0.3, 0.4) is 0 Å². The first-order chi connectivity index (χ1) is 20.8. The number of allylic oxidation sites excluding steroid dienone is 1. The van der Waals surface area contributed by atoms with Gasteiger partial charge in [0, 0.05) is 12.3 Å². The highest BCUT2D eigenvalue weighted by molar-refractivity contribution is 7.80. The van der Waals surface area contributed by atoms with E-state index in [1.54, 1.807) is 0 Å². The fourth-order valence-electron chi connectivity index (χ4n) is 10.5. The average Bonchev–Trinajstić information content (AvgIpc) is 3.21. The van der Waals surface area contributed by atoms with Crippen molar-refractivity contribution >= 4 is 10.4 Å². The summed E-state index contributed by atoms with van der Waals surface area (Å²) < 4.78 is 47.0. The maximum atomic E-state index is 12.5. The zero-order valence-electron chi connectivity index (χ0n) is 27.0. The van der Waals surface area contributed by atoms with Crippen LogP contribution in [0, 0.1) is 46.3 Å². The highest BCUT2D eigenvalue weighted by Gasteiger charge is 2.70. The third kappa shape index (κ3) is 6.41. The summed E-state index contributed by atoms with van der Waals surface area (Å²) in [6.45, 7) is 9.83. The van der Waals surface area contributed by atoms with Crippen molar-refractivity contribution in [2.45, 2.75) is 134 Å². The number of rotatable bonds is 8. The summed E-state index contributed by atoms with van der Waals surface area (Å²) in [7, 11) is -4.86. The third-order valence-corrected chi connectivity index (χ3v) is 13.1. The van der Waals surface area contributed by atoms with E-state index in [-0.39, 0.29) is 46.8 Å². The zero-order valence-corrected chi connectivity index (χ0v) is 27.8. The Kier molecular flexibility index (Phi) is 9.99. The molecule has 0 aromatic rings. The van der Waals surface area contributed by atoms with Gasteiger partial charge in [-0.25, -0.2) is 4.18 Å². The van der Waals surface area contributed by atoms with Gasteiger partial charge in [0.2, 0.25) is 0 Å². The summed E-state index contributed by atoms with van der Waals surface area (Å²) in [5, 5.41) is 66.7. The van der Waals surface area contributed by atoms with Gasteiger partial charge >= 0.3 is 10.4 Å². The summed E-state index contributed by atoms with van der Waals surface area (Å²) in [4.78, 5) is 0. The largest absolute Gasteiger partial charge is 0.397 e. The van der Waals surface area contributed by atoms with Gasteiger partial charge < -0.3 is 40.1 Å². The van der Waals surface area contributed by atoms with Gasteiger partial charge in [0.25, 0.3) is 0 Å². The molecule has 7 N–H and O–H groups in total. The highest BCUT2D eigenvalue weighted by atomic mass is 32.3. The Morgan fingerprint density at radius 3 is 2.22 bits per heavy atom. The summed E-state index contributed by atoms with van der Waals surface area (Å²) in [6.07, 6.45) is -0.319. The first-order valence-electron chi connectivity index (χ1n) is 16.6. The lowest BCUT2D eigenvalue weighted by Gasteiger charge is -2.66. The molecule has 45 heavy (non-hydrogen) atoms. The van der Waals surface area contributed by atoms with Crippen LogP contribution in [0.4, 0.5) is 0 Å². The van der Waals surface area contributed by atoms with Crippen LogP contribution in [0.1, 0.15) is 79.6 Å². The minimum absolute atomic E-state index is 0.0170. The van der Waals surface area contributed by atoms with E-state index in [2.05, 4.69) is 25.0 Å². The molecular weight excluding hydrogens is 608 g/mol. The molecule has 0 bridgehead atoms. The second-order valence-corrected chi connectivity index (χ2v) is 16.7. The molecule has 0 amide bonds. The van der Waals surface area contributed by atoms with Crippen molar-refractivity contribution < 1.29 is 57.3 Å². The van der Waals surface area contributed by atoms with Crippen LogP contribution < -0.4 is 0 Å². The lowest BCUT2D eigenvalue weighted by molar-refractivity contribution is -0.277. The smallest absolute Gasteiger partial charge is 0.393 e. The Bertz CT molecular complexity index is 1200. The Hall–Kier alpha value is -0.710. The predicted molar refractivity (Wildman–Crippen MR) is 162 cm³/mol. The molecule has 1 saturated heterocycles. The Morgan fingerprint density at radius 1 is 0.911 bits per heavy atom. The molecule has 4 unspecified atom stereocenters. The van der Waals surface area contributed by atoms with Crippen LogP contribution in [0.25, 0.3) is 0 Å². The van der Waals surface area contributed by atoms with Crippen LogP contribution in [0.2, 0.25) is 0 Å². The molecule has 4 aliphatic carbocycles. The van der Waals surface area contributed by atoms with Gasteiger partial charge in [-0.05, 0) is 78.9 Å². The second kappa shape index (κ2) is 12.6. The van der Waals surface area contributed by atoms with E-state index in [4.69, 9.17) is 14.0 Å². The van der Waals surface area contributed by atoms with Crippen LogP contribution >= 0.6 is 0 Å². The Morgan fingerprint density at radius 2 is 1.58 bits per heavy atom. The Labute approximate surface area is 266 Å². The van der Waals surface area contributed by atoms with Crippen molar-refractivity contribution in [2.24, 2.45) is 46.3 Å². The molecule has 0 aromatic carbocycles. The van der Waals surface area contributed by atoms with E-state index in [0.717, 1.165) is 19.3 Å². The third-order valence-electron chi connectivity index (χ3n) is 12.6. The van der Waals surface area contributed by atoms with Crippen molar-refractivity contribution in [1.29, 1.82) is 0 Å². The molecule has 0 spiro atoms. The lowest BCUT2D eigenvalue weighted by Crippen LogP contribution is -2.68. The summed E-state index contributed by atoms with van der Waals surface area (Å²) in [6, 6.07) is 0. The Balaban J connectivity index is 1.30. The van der Waals surface area contributed by atoms with Crippen LogP contribution in [-0.4, -0.2) is 105 Å². The molecule has 1 aliphatic heterocycles. The molecular formula is C32H54O12S. The van der Waals surface area contributed by atoms with E-state index in [9.17, 15) is 39.1 Å². The minimum Gasteiger partial charge on any atom is -0.393 e. The van der Waals surface area contributed by atoms with E-state index < -0.39 is 77.5 Å². The van der Waals surface area contributed by atoms with E-state index in [1.807, 2.05) is 26.0 Å². The van der Waals surface area contributed by atoms with Gasteiger partial charge in [-0.15, -0.1) is 0 Å². The van der Waals surface area contributed by atoms with Crippen LogP contribution in [0.15, 0.2) is 12.2 Å². The number of hydrogen-bond acceptors (Lipinski definition) is 11. The van der Waals surface area contributed by atoms with Crippen LogP contribution in [-0.2, 0) is 24.1 Å². The van der Waals surface area contributed by atoms with Gasteiger partial charge in [0.1, 0.15) is 18.3 Å². The molecule has 4 saturated carbocycles. The van der Waals surface area contributed by atoms with Gasteiger partial charge in [0.05, 0.1) is 36.6 Å². The molecule has 0 aromatic heterocycles. The standard InChI is InChI=1S/C32H54O12S/c1-16(2)23(43-29-27(37)26(36)24(15-42-29)44-45(39,40)41)7-6-17(3)19-13-21(34)28-31(19,5)11-9-25-30(4)10-8-18(33)12-20(30)22(35)14-32(25,28)38/h6-7,16-29,33-38H,8-15H2,1-5H3,(H,39,40,41)/b7-6+/t17-,18+,19-,20-,21-,22+,23?,24-,25?,26+,27-,28?,29+,30+,31-,32?/m1/s1. The highest BCUT2D eigenvalue weighted by Crippen LogP contribution is 2.69. The summed E-state index contributed by atoms with van der Waals surface area (Å²) in [5.41, 5.74) is -1.90. The first-order valence-corrected chi connectivity index (χ1v) is 17.9. The van der Waals surface area contributed by atoms with E-state index in [0.29, 0.717) is 19.3 Å². The molecule has 12 nitrogen and oxygen atoms in total. The number of ether oxygens (including phenoxy) is 2.